The molecule has 1 aromatic heterocycles. The SMILES string of the molecule is CNc1c(C#N)cncc1C1CCCC1.Cl.Cl. The summed E-state index contributed by atoms with van der Waals surface area (Å²) in [4.78, 5) is 4.15. The van der Waals surface area contributed by atoms with Crippen LogP contribution < -0.4 is 5.32 Å². The third-order valence-electron chi connectivity index (χ3n) is 3.14. The van der Waals surface area contributed by atoms with Crippen molar-refractivity contribution in [2.24, 2.45) is 0 Å². The van der Waals surface area contributed by atoms with Gasteiger partial charge in [0.1, 0.15) is 6.07 Å². The van der Waals surface area contributed by atoms with Crippen LogP contribution >= 0.6 is 24.8 Å². The molecule has 0 aliphatic heterocycles. The van der Waals surface area contributed by atoms with E-state index < -0.39 is 0 Å². The zero-order chi connectivity index (χ0) is 10.7. The maximum Gasteiger partial charge on any atom is 0.103 e. The molecule has 1 fully saturated rings. The molecule has 0 bridgehead atoms. The number of rotatable bonds is 2. The Morgan fingerprint density at radius 3 is 2.47 bits per heavy atom. The Hall–Kier alpha value is -0.980. The highest BCUT2D eigenvalue weighted by Crippen LogP contribution is 2.38. The Balaban J connectivity index is 0.00000128. The summed E-state index contributed by atoms with van der Waals surface area (Å²) < 4.78 is 0. The van der Waals surface area contributed by atoms with Crippen LogP contribution in [0.25, 0.3) is 0 Å². The quantitative estimate of drug-likeness (QED) is 0.897. The fraction of sp³-hybridized carbons (Fsp3) is 0.500. The lowest BCUT2D eigenvalue weighted by atomic mass is 9.96. The lowest BCUT2D eigenvalue weighted by molar-refractivity contribution is 0.720. The van der Waals surface area contributed by atoms with Crippen molar-refractivity contribution in [1.82, 2.24) is 4.98 Å². The van der Waals surface area contributed by atoms with Crippen LogP contribution in [0.2, 0.25) is 0 Å². The van der Waals surface area contributed by atoms with Gasteiger partial charge in [0, 0.05) is 19.4 Å². The van der Waals surface area contributed by atoms with E-state index in [9.17, 15) is 0 Å². The van der Waals surface area contributed by atoms with Crippen LogP contribution in [0.15, 0.2) is 12.4 Å². The van der Waals surface area contributed by atoms with Crippen LogP contribution in [0.5, 0.6) is 0 Å². The van der Waals surface area contributed by atoms with Crippen LogP contribution in [0.3, 0.4) is 0 Å². The van der Waals surface area contributed by atoms with Crippen LogP contribution in [-0.2, 0) is 0 Å². The zero-order valence-corrected chi connectivity index (χ0v) is 11.4. The minimum atomic E-state index is 0. The van der Waals surface area contributed by atoms with Crippen molar-refractivity contribution < 1.29 is 0 Å². The summed E-state index contributed by atoms with van der Waals surface area (Å²) in [6.07, 6.45) is 8.58. The van der Waals surface area contributed by atoms with Crippen LogP contribution in [0.1, 0.15) is 42.7 Å². The Morgan fingerprint density at radius 1 is 1.29 bits per heavy atom. The Bertz CT molecular complexity index is 395. The first-order valence-electron chi connectivity index (χ1n) is 5.42. The van der Waals surface area contributed by atoms with E-state index in [-0.39, 0.29) is 24.8 Å². The van der Waals surface area contributed by atoms with Gasteiger partial charge in [0.2, 0.25) is 0 Å². The highest BCUT2D eigenvalue weighted by molar-refractivity contribution is 5.85. The molecule has 1 saturated carbocycles. The van der Waals surface area contributed by atoms with Crippen molar-refractivity contribution in [1.29, 1.82) is 5.26 Å². The average Bonchev–Trinajstić information content (AvgIpc) is 2.81. The molecule has 0 amide bonds. The molecular weight excluding hydrogens is 257 g/mol. The molecule has 1 heterocycles. The van der Waals surface area contributed by atoms with Crippen LogP contribution in [0.4, 0.5) is 5.69 Å². The number of pyridine rings is 1. The number of nitriles is 1. The van der Waals surface area contributed by atoms with Gasteiger partial charge in [-0.3, -0.25) is 4.98 Å². The normalized spacial score (nSPS) is 14.4. The topological polar surface area (TPSA) is 48.7 Å². The van der Waals surface area contributed by atoms with Gasteiger partial charge in [-0.15, -0.1) is 24.8 Å². The monoisotopic (exact) mass is 273 g/mol. The van der Waals surface area contributed by atoms with Gasteiger partial charge < -0.3 is 5.32 Å². The van der Waals surface area contributed by atoms with E-state index in [1.165, 1.54) is 31.2 Å². The van der Waals surface area contributed by atoms with Gasteiger partial charge in [-0.2, -0.15) is 5.26 Å². The molecule has 0 saturated heterocycles. The van der Waals surface area contributed by atoms with Gasteiger partial charge in [0.25, 0.3) is 0 Å². The second kappa shape index (κ2) is 7.37. The summed E-state index contributed by atoms with van der Waals surface area (Å²) in [5, 5.41) is 12.1. The highest BCUT2D eigenvalue weighted by Gasteiger charge is 2.21. The lowest BCUT2D eigenvalue weighted by Gasteiger charge is -2.15. The predicted molar refractivity (Wildman–Crippen MR) is 74.2 cm³/mol. The number of hydrogen-bond donors (Lipinski definition) is 1. The van der Waals surface area contributed by atoms with Gasteiger partial charge >= 0.3 is 0 Å². The molecule has 94 valence electrons. The second-order valence-corrected chi connectivity index (χ2v) is 3.99. The van der Waals surface area contributed by atoms with Gasteiger partial charge in [-0.05, 0) is 24.3 Å². The Labute approximate surface area is 114 Å². The molecule has 0 atom stereocenters. The van der Waals surface area contributed by atoms with Crippen molar-refractivity contribution in [3.05, 3.63) is 23.5 Å². The first-order valence-corrected chi connectivity index (χ1v) is 5.42. The largest absolute Gasteiger partial charge is 0.387 e. The molecule has 17 heavy (non-hydrogen) atoms. The van der Waals surface area contributed by atoms with Gasteiger partial charge in [0.05, 0.1) is 11.3 Å². The lowest BCUT2D eigenvalue weighted by Crippen LogP contribution is -2.03. The first kappa shape index (κ1) is 16.0. The fourth-order valence-electron chi connectivity index (χ4n) is 2.39. The molecule has 0 radical (unpaired) electrons. The Kier molecular flexibility index (Phi) is 6.94. The van der Waals surface area contributed by atoms with E-state index in [1.54, 1.807) is 6.20 Å². The minimum Gasteiger partial charge on any atom is -0.387 e. The third kappa shape index (κ3) is 3.24. The fourth-order valence-corrected chi connectivity index (χ4v) is 2.39. The molecule has 1 aliphatic rings. The summed E-state index contributed by atoms with van der Waals surface area (Å²) in [6, 6.07) is 2.19. The van der Waals surface area contributed by atoms with Crippen molar-refractivity contribution in [3.8, 4) is 6.07 Å². The summed E-state index contributed by atoms with van der Waals surface area (Å²) >= 11 is 0. The predicted octanol–water partition coefficient (Wildman–Crippen LogP) is 3.50. The maximum atomic E-state index is 8.99. The summed E-state index contributed by atoms with van der Waals surface area (Å²) in [7, 11) is 1.87. The molecule has 1 aromatic rings. The second-order valence-electron chi connectivity index (χ2n) is 3.99. The van der Waals surface area contributed by atoms with E-state index in [1.807, 2.05) is 13.2 Å². The molecule has 2 rings (SSSR count). The maximum absolute atomic E-state index is 8.99. The molecule has 5 heteroatoms. The highest BCUT2D eigenvalue weighted by atomic mass is 35.5. The van der Waals surface area contributed by atoms with E-state index in [0.717, 1.165) is 5.69 Å². The molecule has 0 unspecified atom stereocenters. The molecule has 1 N–H and O–H groups in total. The molecule has 0 spiro atoms. The Morgan fingerprint density at radius 2 is 1.94 bits per heavy atom. The smallest absolute Gasteiger partial charge is 0.103 e. The molecule has 1 aliphatic carbocycles. The number of halogens is 2. The molecule has 3 nitrogen and oxygen atoms in total. The van der Waals surface area contributed by atoms with Gasteiger partial charge in [-0.1, -0.05) is 12.8 Å². The standard InChI is InChI=1S/C12H15N3.2ClH/c1-14-12-10(6-13)7-15-8-11(12)9-4-2-3-5-9;;/h7-9H,2-5H2,1H3,(H,14,15);2*1H. The molecule has 0 aromatic carbocycles. The van der Waals surface area contributed by atoms with E-state index in [4.69, 9.17) is 5.26 Å². The van der Waals surface area contributed by atoms with Crippen molar-refractivity contribution in [2.75, 3.05) is 12.4 Å². The number of aromatic nitrogens is 1. The third-order valence-corrected chi connectivity index (χ3v) is 3.14. The van der Waals surface area contributed by atoms with Crippen molar-refractivity contribution in [3.63, 3.8) is 0 Å². The number of hydrogen-bond acceptors (Lipinski definition) is 3. The zero-order valence-electron chi connectivity index (χ0n) is 9.77. The summed E-state index contributed by atoms with van der Waals surface area (Å²) in [5.74, 6) is 0.591. The van der Waals surface area contributed by atoms with Crippen LogP contribution in [-0.4, -0.2) is 12.0 Å². The summed E-state index contributed by atoms with van der Waals surface area (Å²) in [6.45, 7) is 0. The average molecular weight is 274 g/mol. The van der Waals surface area contributed by atoms with E-state index in [0.29, 0.717) is 11.5 Å². The number of nitrogens with zero attached hydrogens (tertiary/aromatic N) is 2. The van der Waals surface area contributed by atoms with Gasteiger partial charge in [-0.25, -0.2) is 0 Å². The van der Waals surface area contributed by atoms with E-state index in [2.05, 4.69) is 16.4 Å². The van der Waals surface area contributed by atoms with Crippen LogP contribution in [0, 0.1) is 11.3 Å². The first-order chi connectivity index (χ1) is 7.36. The van der Waals surface area contributed by atoms with Gasteiger partial charge in [0.15, 0.2) is 0 Å². The number of nitrogens with one attached hydrogen (secondary N) is 1. The van der Waals surface area contributed by atoms with Crippen molar-refractivity contribution in [2.45, 2.75) is 31.6 Å². The number of anilines is 1. The summed E-state index contributed by atoms with van der Waals surface area (Å²) in [5.41, 5.74) is 2.84. The minimum absolute atomic E-state index is 0. The molecular formula is C12H17Cl2N3. The van der Waals surface area contributed by atoms with E-state index >= 15 is 0 Å². The van der Waals surface area contributed by atoms with Crippen molar-refractivity contribution >= 4 is 30.5 Å².